The average Bonchev–Trinajstić information content (AvgIpc) is 3.17. The molecule has 5 aliphatic heterocycles. The highest BCUT2D eigenvalue weighted by Crippen LogP contribution is 2.43. The standard InChI is InChI=1S/C30H52O25/c1-6-11(35)14(38)17(41)25(49-6)29(47)23(45)13(37)8(3-32)52-28(29)54-21-9(4-33)50-26(18(42)16(21)40)30(48)24(46)20(44)22(10(5-34)55-30)53-27-19(43)15(39)12(36)7(2-31)51-27/h6-28,31-48H,2-5H2,1H3/t6-,7+,8+,9+,10+,11+,12-,13-,14+,15-,16+,17-,18+,19+,20-,21+,22+,23-,24+,25?,26?,27-,28-,29-,30?/m0/s1. The van der Waals surface area contributed by atoms with Crippen molar-refractivity contribution in [2.45, 2.75) is 159 Å². The predicted molar refractivity (Wildman–Crippen MR) is 165 cm³/mol. The second-order valence-corrected chi connectivity index (χ2v) is 14.4. The van der Waals surface area contributed by atoms with Crippen LogP contribution in [0.15, 0.2) is 0 Å². The molecule has 18 N–H and O–H groups in total. The fourth-order valence-electron chi connectivity index (χ4n) is 7.64. The molecule has 25 heteroatoms. The molecular weight excluding hydrogens is 760 g/mol. The van der Waals surface area contributed by atoms with Gasteiger partial charge in [0.05, 0.1) is 32.5 Å². The molecule has 0 aromatic rings. The number of hydrogen-bond donors (Lipinski definition) is 18. The highest BCUT2D eigenvalue weighted by Gasteiger charge is 2.67. The van der Waals surface area contributed by atoms with E-state index in [1.807, 2.05) is 0 Å². The van der Waals surface area contributed by atoms with Gasteiger partial charge in [-0.15, -0.1) is 0 Å². The van der Waals surface area contributed by atoms with Crippen LogP contribution in [0.4, 0.5) is 0 Å². The van der Waals surface area contributed by atoms with Crippen molar-refractivity contribution in [1.29, 1.82) is 0 Å². The average molecular weight is 813 g/mol. The maximum atomic E-state index is 11.9. The molecule has 0 aromatic heterocycles. The minimum absolute atomic E-state index is 0.865. The smallest absolute Gasteiger partial charge is 0.225 e. The van der Waals surface area contributed by atoms with E-state index in [9.17, 15) is 91.9 Å². The Bertz CT molecular complexity index is 1250. The molecule has 0 amide bonds. The lowest BCUT2D eigenvalue weighted by Crippen LogP contribution is -2.78. The van der Waals surface area contributed by atoms with E-state index in [0.717, 1.165) is 0 Å². The van der Waals surface area contributed by atoms with E-state index in [1.54, 1.807) is 0 Å². The van der Waals surface area contributed by atoms with Crippen molar-refractivity contribution >= 4 is 0 Å². The van der Waals surface area contributed by atoms with Gasteiger partial charge in [-0.25, -0.2) is 0 Å². The molecule has 322 valence electrons. The van der Waals surface area contributed by atoms with Crippen molar-refractivity contribution in [3.05, 3.63) is 0 Å². The van der Waals surface area contributed by atoms with Gasteiger partial charge < -0.3 is 125 Å². The Balaban J connectivity index is 1.39. The zero-order valence-corrected chi connectivity index (χ0v) is 29.0. The molecule has 0 bridgehead atoms. The molecule has 0 radical (unpaired) electrons. The molecule has 55 heavy (non-hydrogen) atoms. The van der Waals surface area contributed by atoms with Crippen molar-refractivity contribution in [2.24, 2.45) is 0 Å². The Hall–Kier alpha value is -1.00. The molecule has 0 aliphatic carbocycles. The third-order valence-electron chi connectivity index (χ3n) is 11.0. The molecule has 5 saturated heterocycles. The highest BCUT2D eigenvalue weighted by atomic mass is 16.8. The Kier molecular flexibility index (Phi) is 14.2. The fraction of sp³-hybridized carbons (Fsp3) is 1.00. The summed E-state index contributed by atoms with van der Waals surface area (Å²) in [4.78, 5) is 0. The summed E-state index contributed by atoms with van der Waals surface area (Å²) in [5, 5.41) is 192. The van der Waals surface area contributed by atoms with Gasteiger partial charge in [-0.1, -0.05) is 0 Å². The lowest BCUT2D eigenvalue weighted by atomic mass is 9.76. The first-order valence-electron chi connectivity index (χ1n) is 17.4. The molecule has 5 fully saturated rings. The van der Waals surface area contributed by atoms with Crippen LogP contribution in [0.1, 0.15) is 6.92 Å². The Morgan fingerprint density at radius 2 is 0.982 bits per heavy atom. The van der Waals surface area contributed by atoms with Crippen LogP contribution in [0.5, 0.6) is 0 Å². The van der Waals surface area contributed by atoms with E-state index in [-0.39, 0.29) is 0 Å². The van der Waals surface area contributed by atoms with E-state index < -0.39 is 179 Å². The van der Waals surface area contributed by atoms with Crippen molar-refractivity contribution in [3.8, 4) is 0 Å². The molecule has 5 rings (SSSR count). The summed E-state index contributed by atoms with van der Waals surface area (Å²) in [6.07, 6.45) is -47.1. The van der Waals surface area contributed by atoms with Crippen molar-refractivity contribution < 1.29 is 125 Å². The van der Waals surface area contributed by atoms with Crippen molar-refractivity contribution in [3.63, 3.8) is 0 Å². The third kappa shape index (κ3) is 7.68. The van der Waals surface area contributed by atoms with Crippen molar-refractivity contribution in [2.75, 3.05) is 26.4 Å². The largest absolute Gasteiger partial charge is 0.394 e. The first kappa shape index (κ1) is 45.1. The van der Waals surface area contributed by atoms with Crippen LogP contribution < -0.4 is 0 Å². The van der Waals surface area contributed by atoms with Gasteiger partial charge in [0, 0.05) is 0 Å². The topological polar surface area (TPSA) is 429 Å². The van der Waals surface area contributed by atoms with Crippen LogP contribution in [0.25, 0.3) is 0 Å². The van der Waals surface area contributed by atoms with Gasteiger partial charge in [-0.05, 0) is 6.92 Å². The van der Waals surface area contributed by atoms with Crippen LogP contribution in [0.2, 0.25) is 0 Å². The zero-order valence-electron chi connectivity index (χ0n) is 29.0. The minimum Gasteiger partial charge on any atom is -0.394 e. The molecule has 5 aliphatic rings. The molecule has 0 aromatic carbocycles. The first-order chi connectivity index (χ1) is 25.7. The monoisotopic (exact) mass is 812 g/mol. The summed E-state index contributed by atoms with van der Waals surface area (Å²) in [7, 11) is 0. The summed E-state index contributed by atoms with van der Waals surface area (Å²) in [5.41, 5.74) is -3.13. The molecule has 5 heterocycles. The number of ether oxygens (including phenoxy) is 7. The molecule has 0 spiro atoms. The van der Waals surface area contributed by atoms with E-state index in [0.29, 0.717) is 0 Å². The van der Waals surface area contributed by atoms with E-state index in [2.05, 4.69) is 0 Å². The van der Waals surface area contributed by atoms with Crippen LogP contribution in [0, 0.1) is 0 Å². The first-order valence-corrected chi connectivity index (χ1v) is 17.4. The number of hydrogen-bond acceptors (Lipinski definition) is 25. The lowest BCUT2D eigenvalue weighted by molar-refractivity contribution is -0.431. The second kappa shape index (κ2) is 17.3. The molecular formula is C30H52O25. The Morgan fingerprint density at radius 3 is 1.56 bits per heavy atom. The normalized spacial score (nSPS) is 56.7. The van der Waals surface area contributed by atoms with Crippen LogP contribution in [-0.4, -0.2) is 270 Å². The van der Waals surface area contributed by atoms with Gasteiger partial charge in [0.1, 0.15) is 122 Å². The van der Waals surface area contributed by atoms with Crippen molar-refractivity contribution in [1.82, 2.24) is 0 Å². The van der Waals surface area contributed by atoms with E-state index in [1.165, 1.54) is 6.92 Å². The van der Waals surface area contributed by atoms with E-state index >= 15 is 0 Å². The fourth-order valence-corrected chi connectivity index (χ4v) is 7.64. The van der Waals surface area contributed by atoms with Gasteiger partial charge in [-0.2, -0.15) is 0 Å². The minimum atomic E-state index is -3.29. The summed E-state index contributed by atoms with van der Waals surface area (Å²) < 4.78 is 38.4. The Labute approximate surface area is 310 Å². The lowest BCUT2D eigenvalue weighted by Gasteiger charge is -2.56. The third-order valence-corrected chi connectivity index (χ3v) is 11.0. The Morgan fingerprint density at radius 1 is 0.455 bits per heavy atom. The zero-order chi connectivity index (χ0) is 41.1. The maximum absolute atomic E-state index is 11.9. The van der Waals surface area contributed by atoms with Crippen LogP contribution in [-0.2, 0) is 33.2 Å². The molecule has 0 saturated carbocycles. The number of aliphatic hydroxyl groups excluding tert-OH is 16. The van der Waals surface area contributed by atoms with Gasteiger partial charge >= 0.3 is 0 Å². The SMILES string of the molecule is C[C@@H]1OC([C@]2(O)[C@H](O[C@H]3[C@H](O)[C@@H](O)C(C4(O)O[C@H](CO)[C@@H](O[C@@H]5O[C@H](CO)[C@H](O)[C@H](O)[C@H]5O)[C@H](O)[C@H]4O)O[C@@H]3CO)O[C@H](CO)[C@H](O)[C@@H]2O)[C@@H](O)[C@H](O)[C@@H]1O. The molecule has 3 unspecified atom stereocenters. The maximum Gasteiger partial charge on any atom is 0.225 e. The molecule has 25 atom stereocenters. The van der Waals surface area contributed by atoms with Gasteiger partial charge in [0.25, 0.3) is 0 Å². The van der Waals surface area contributed by atoms with Crippen LogP contribution >= 0.6 is 0 Å². The summed E-state index contributed by atoms with van der Waals surface area (Å²) in [6, 6.07) is 0. The predicted octanol–water partition coefficient (Wildman–Crippen LogP) is -12.1. The molecule has 25 nitrogen and oxygen atoms in total. The van der Waals surface area contributed by atoms with E-state index in [4.69, 9.17) is 33.2 Å². The second-order valence-electron chi connectivity index (χ2n) is 14.4. The van der Waals surface area contributed by atoms with Gasteiger partial charge in [0.15, 0.2) is 18.2 Å². The summed E-state index contributed by atoms with van der Waals surface area (Å²) in [5.74, 6) is -3.29. The quantitative estimate of drug-likeness (QED) is 0.0973. The number of aliphatic hydroxyl groups is 18. The number of rotatable bonds is 10. The highest BCUT2D eigenvalue weighted by molar-refractivity contribution is 5.12. The van der Waals surface area contributed by atoms with Gasteiger partial charge in [-0.3, -0.25) is 0 Å². The summed E-state index contributed by atoms with van der Waals surface area (Å²) >= 11 is 0. The summed E-state index contributed by atoms with van der Waals surface area (Å²) in [6.45, 7) is -2.96. The van der Waals surface area contributed by atoms with Gasteiger partial charge in [0.2, 0.25) is 5.79 Å². The van der Waals surface area contributed by atoms with Crippen LogP contribution in [0.3, 0.4) is 0 Å².